The van der Waals surface area contributed by atoms with E-state index in [4.69, 9.17) is 27.8 Å². The summed E-state index contributed by atoms with van der Waals surface area (Å²) in [5, 5.41) is 22.4. The molecule has 2 aromatic heterocycles. The van der Waals surface area contributed by atoms with E-state index in [2.05, 4.69) is 26.3 Å². The van der Waals surface area contributed by atoms with Crippen molar-refractivity contribution in [2.24, 2.45) is 5.73 Å². The molecule has 7 N–H and O–H groups in total. The van der Waals surface area contributed by atoms with Crippen LogP contribution in [0.4, 0.5) is 5.95 Å². The summed E-state index contributed by atoms with van der Waals surface area (Å²) in [7, 11) is 0. The number of imidazole rings is 1. The average molecular weight is 355 g/mol. The van der Waals surface area contributed by atoms with Crippen LogP contribution in [0.15, 0.2) is 11.1 Å². The topological polar surface area (TPSA) is 165 Å². The third-order valence-corrected chi connectivity index (χ3v) is 4.03. The van der Waals surface area contributed by atoms with Crippen LogP contribution in [0.1, 0.15) is 13.2 Å². The normalized spacial score (nSPS) is 31.0. The number of nitrogens with two attached hydrogens (primary N) is 2. The molecule has 11 heteroatoms. The monoisotopic (exact) mass is 354 g/mol. The lowest BCUT2D eigenvalue weighted by atomic mass is 9.90. The first-order chi connectivity index (χ1) is 11.3. The van der Waals surface area contributed by atoms with Crippen LogP contribution in [0.25, 0.3) is 11.2 Å². The predicted molar refractivity (Wildman–Crippen MR) is 84.7 cm³/mol. The molecule has 0 spiro atoms. The molecule has 0 aromatic carbocycles. The summed E-state index contributed by atoms with van der Waals surface area (Å²) in [6.07, 6.45) is -3.22. The standard InChI is InChI=1S/C13H15ClN6O4/c1-5(21)7-8(22)13(16,2-3-14)11(24-7)20-4-17-6-9(20)18-12(15)19-10(6)23/h4-5,7-8,11,21-22H,16H2,1H3,(H3,15,18,19,23)/t5-,7-,8?,11-,13-/m1/s1. The zero-order chi connectivity index (χ0) is 17.6. The van der Waals surface area contributed by atoms with E-state index in [0.29, 0.717) is 0 Å². The van der Waals surface area contributed by atoms with E-state index in [1.807, 2.05) is 0 Å². The van der Waals surface area contributed by atoms with E-state index in [1.54, 1.807) is 0 Å². The van der Waals surface area contributed by atoms with Crippen molar-refractivity contribution in [1.82, 2.24) is 19.5 Å². The molecular weight excluding hydrogens is 340 g/mol. The van der Waals surface area contributed by atoms with Gasteiger partial charge in [0.15, 0.2) is 22.9 Å². The molecule has 2 aromatic rings. The summed E-state index contributed by atoms with van der Waals surface area (Å²) in [5.74, 6) is 2.38. The number of rotatable bonds is 2. The number of aromatic nitrogens is 4. The van der Waals surface area contributed by atoms with Gasteiger partial charge in [0.05, 0.1) is 12.4 Å². The summed E-state index contributed by atoms with van der Waals surface area (Å²) in [5.41, 5.74) is 9.70. The van der Waals surface area contributed by atoms with Crippen LogP contribution in [0.3, 0.4) is 0 Å². The molecule has 1 fully saturated rings. The number of anilines is 1. The summed E-state index contributed by atoms with van der Waals surface area (Å²) < 4.78 is 7.01. The minimum absolute atomic E-state index is 0.0176. The molecule has 3 heterocycles. The lowest BCUT2D eigenvalue weighted by Crippen LogP contribution is -2.54. The molecule has 0 amide bonds. The van der Waals surface area contributed by atoms with Crippen molar-refractivity contribution in [2.45, 2.75) is 37.0 Å². The van der Waals surface area contributed by atoms with Gasteiger partial charge in [-0.05, 0) is 18.5 Å². The van der Waals surface area contributed by atoms with Gasteiger partial charge in [-0.1, -0.05) is 5.92 Å². The van der Waals surface area contributed by atoms with Gasteiger partial charge < -0.3 is 26.4 Å². The molecule has 1 unspecified atom stereocenters. The molecular formula is C13H15ClN6O4. The van der Waals surface area contributed by atoms with Crippen LogP contribution in [-0.2, 0) is 4.74 Å². The van der Waals surface area contributed by atoms with Crippen molar-refractivity contribution in [3.8, 4) is 11.3 Å². The second-order valence-corrected chi connectivity index (χ2v) is 5.76. The van der Waals surface area contributed by atoms with Crippen LogP contribution in [0.2, 0.25) is 0 Å². The largest absolute Gasteiger partial charge is 0.391 e. The van der Waals surface area contributed by atoms with Crippen molar-refractivity contribution >= 4 is 28.7 Å². The maximum atomic E-state index is 11.9. The number of aliphatic hydroxyl groups excluding tert-OH is 2. The number of ether oxygens (including phenoxy) is 1. The second-order valence-electron chi connectivity index (χ2n) is 5.57. The van der Waals surface area contributed by atoms with Gasteiger partial charge >= 0.3 is 0 Å². The number of aliphatic hydroxyl groups is 2. The van der Waals surface area contributed by atoms with Crippen molar-refractivity contribution in [3.63, 3.8) is 0 Å². The highest BCUT2D eigenvalue weighted by molar-refractivity contribution is 6.30. The van der Waals surface area contributed by atoms with Crippen molar-refractivity contribution < 1.29 is 14.9 Å². The minimum atomic E-state index is -1.66. The Bertz CT molecular complexity index is 899. The van der Waals surface area contributed by atoms with Gasteiger partial charge in [0, 0.05) is 5.38 Å². The van der Waals surface area contributed by atoms with Crippen LogP contribution < -0.4 is 17.0 Å². The number of nitrogens with one attached hydrogen (secondary N) is 1. The lowest BCUT2D eigenvalue weighted by Gasteiger charge is -2.27. The lowest BCUT2D eigenvalue weighted by molar-refractivity contribution is -0.0756. The zero-order valence-electron chi connectivity index (χ0n) is 12.5. The molecule has 0 saturated carbocycles. The predicted octanol–water partition coefficient (Wildman–Crippen LogP) is -1.76. The van der Waals surface area contributed by atoms with E-state index in [1.165, 1.54) is 17.8 Å². The Labute approximate surface area is 140 Å². The molecule has 0 bridgehead atoms. The number of hydrogen-bond donors (Lipinski definition) is 5. The molecule has 24 heavy (non-hydrogen) atoms. The highest BCUT2D eigenvalue weighted by Crippen LogP contribution is 2.38. The Morgan fingerprint density at radius 2 is 2.33 bits per heavy atom. The number of nitrogens with zero attached hydrogens (tertiary/aromatic N) is 3. The van der Waals surface area contributed by atoms with Crippen LogP contribution in [0, 0.1) is 11.3 Å². The molecule has 3 rings (SSSR count). The molecule has 0 aliphatic carbocycles. The van der Waals surface area contributed by atoms with E-state index in [0.717, 1.165) is 0 Å². The molecule has 1 saturated heterocycles. The number of hydrogen-bond acceptors (Lipinski definition) is 8. The highest BCUT2D eigenvalue weighted by Gasteiger charge is 2.56. The first-order valence-electron chi connectivity index (χ1n) is 6.95. The molecule has 1 aliphatic heterocycles. The van der Waals surface area contributed by atoms with Crippen molar-refractivity contribution in [3.05, 3.63) is 16.7 Å². The maximum Gasteiger partial charge on any atom is 0.280 e. The SMILES string of the molecule is C[C@@H](O)[C@H]1O[C@@H](n2cnc3c(=O)[nH]c(N)nc32)[C@@](N)(C#CCl)C1O. The molecule has 5 atom stereocenters. The van der Waals surface area contributed by atoms with Gasteiger partial charge in [-0.15, -0.1) is 0 Å². The van der Waals surface area contributed by atoms with Crippen molar-refractivity contribution in [2.75, 3.05) is 5.73 Å². The maximum absolute atomic E-state index is 11.9. The summed E-state index contributed by atoms with van der Waals surface area (Å²) >= 11 is 5.47. The quantitative estimate of drug-likeness (QED) is 0.395. The number of nitrogen functional groups attached to an aromatic ring is 1. The van der Waals surface area contributed by atoms with Gasteiger partial charge in [0.25, 0.3) is 5.56 Å². The Hall–Kier alpha value is -2.16. The van der Waals surface area contributed by atoms with Gasteiger partial charge in [0.2, 0.25) is 5.95 Å². The van der Waals surface area contributed by atoms with Crippen molar-refractivity contribution in [1.29, 1.82) is 0 Å². The Balaban J connectivity index is 2.20. The summed E-state index contributed by atoms with van der Waals surface area (Å²) in [6, 6.07) is 0. The van der Waals surface area contributed by atoms with E-state index in [9.17, 15) is 15.0 Å². The van der Waals surface area contributed by atoms with Crippen LogP contribution >= 0.6 is 11.6 Å². The minimum Gasteiger partial charge on any atom is -0.391 e. The van der Waals surface area contributed by atoms with Crippen LogP contribution in [0.5, 0.6) is 0 Å². The third-order valence-electron chi connectivity index (χ3n) is 3.94. The van der Waals surface area contributed by atoms with Gasteiger partial charge in [-0.25, -0.2) is 4.98 Å². The van der Waals surface area contributed by atoms with E-state index >= 15 is 0 Å². The molecule has 0 radical (unpaired) electrons. The van der Waals surface area contributed by atoms with Gasteiger partial charge in [-0.3, -0.25) is 14.3 Å². The van der Waals surface area contributed by atoms with Crippen LogP contribution in [-0.4, -0.2) is 53.6 Å². The number of fused-ring (bicyclic) bond motifs is 1. The van der Waals surface area contributed by atoms with E-state index < -0.39 is 35.6 Å². The Morgan fingerprint density at radius 3 is 2.96 bits per heavy atom. The fourth-order valence-electron chi connectivity index (χ4n) is 2.76. The smallest absolute Gasteiger partial charge is 0.280 e. The summed E-state index contributed by atoms with van der Waals surface area (Å²) in [4.78, 5) is 22.2. The van der Waals surface area contributed by atoms with E-state index in [-0.39, 0.29) is 17.1 Å². The number of aromatic amines is 1. The zero-order valence-corrected chi connectivity index (χ0v) is 13.2. The third kappa shape index (κ3) is 2.34. The number of halogens is 1. The Kier molecular flexibility index (Phi) is 3.98. The average Bonchev–Trinajstić information content (AvgIpc) is 3.00. The Morgan fingerprint density at radius 1 is 1.62 bits per heavy atom. The first kappa shape index (κ1) is 16.7. The first-order valence-corrected chi connectivity index (χ1v) is 7.33. The second kappa shape index (κ2) is 5.73. The summed E-state index contributed by atoms with van der Waals surface area (Å²) in [6.45, 7) is 1.44. The van der Waals surface area contributed by atoms with Gasteiger partial charge in [-0.2, -0.15) is 4.98 Å². The highest BCUT2D eigenvalue weighted by atomic mass is 35.5. The van der Waals surface area contributed by atoms with Gasteiger partial charge in [0.1, 0.15) is 12.2 Å². The molecule has 1 aliphatic rings. The molecule has 128 valence electrons. The fourth-order valence-corrected chi connectivity index (χ4v) is 2.92. The molecule has 10 nitrogen and oxygen atoms in total. The number of H-pyrrole nitrogens is 1. The fraction of sp³-hybridized carbons (Fsp3) is 0.462.